The Kier molecular flexibility index (Phi) is 5.38. The molecule has 28 heavy (non-hydrogen) atoms. The summed E-state index contributed by atoms with van der Waals surface area (Å²) in [6, 6.07) is 21.1. The molecule has 1 fully saturated rings. The molecule has 1 aliphatic carbocycles. The molecule has 2 aromatic carbocycles. The second-order valence-electron chi connectivity index (χ2n) is 8.36. The molecule has 144 valence electrons. The van der Waals surface area contributed by atoms with Crippen LogP contribution in [0.25, 0.3) is 0 Å². The third-order valence-corrected chi connectivity index (χ3v) is 5.29. The zero-order chi connectivity index (χ0) is 20.4. The van der Waals surface area contributed by atoms with Crippen LogP contribution in [0.5, 0.6) is 0 Å². The van der Waals surface area contributed by atoms with Gasteiger partial charge in [0.1, 0.15) is 11.4 Å². The maximum atomic E-state index is 13.5. The fourth-order valence-electron chi connectivity index (χ4n) is 4.08. The molecule has 0 N–H and O–H groups in total. The van der Waals surface area contributed by atoms with Gasteiger partial charge in [0, 0.05) is 24.7 Å². The molecule has 0 aromatic heterocycles. The summed E-state index contributed by atoms with van der Waals surface area (Å²) in [7, 11) is 0. The highest BCUT2D eigenvalue weighted by Crippen LogP contribution is 2.54. The van der Waals surface area contributed by atoms with Gasteiger partial charge in [-0.15, -0.1) is 0 Å². The fourth-order valence-corrected chi connectivity index (χ4v) is 4.08. The summed E-state index contributed by atoms with van der Waals surface area (Å²) in [5, 5.41) is 10.4. The smallest absolute Gasteiger partial charge is 0.328 e. The van der Waals surface area contributed by atoms with Crippen molar-refractivity contribution in [2.75, 3.05) is 0 Å². The number of rotatable bonds is 3. The van der Waals surface area contributed by atoms with E-state index in [0.717, 1.165) is 11.1 Å². The molecule has 2 atom stereocenters. The number of hydrogen-bond donors (Lipinski definition) is 0. The number of carbonyl (C=O) groups excluding carboxylic acids is 2. The van der Waals surface area contributed by atoms with Gasteiger partial charge in [0.2, 0.25) is 0 Å². The molecule has 1 saturated carbocycles. The Morgan fingerprint density at radius 1 is 0.964 bits per heavy atom. The number of nitriles is 1. The molecule has 0 unspecified atom stereocenters. The first-order chi connectivity index (χ1) is 13.3. The van der Waals surface area contributed by atoms with Crippen molar-refractivity contribution in [3.8, 4) is 6.07 Å². The van der Waals surface area contributed by atoms with E-state index < -0.39 is 28.8 Å². The number of esters is 1. The van der Waals surface area contributed by atoms with E-state index in [1.165, 1.54) is 0 Å². The number of hydrogen-bond acceptors (Lipinski definition) is 4. The van der Waals surface area contributed by atoms with Crippen molar-refractivity contribution in [3.05, 3.63) is 71.8 Å². The van der Waals surface area contributed by atoms with Crippen LogP contribution in [-0.2, 0) is 14.3 Å². The number of ether oxygens (including phenoxy) is 1. The van der Waals surface area contributed by atoms with E-state index >= 15 is 0 Å². The molecule has 2 aromatic rings. The van der Waals surface area contributed by atoms with Crippen molar-refractivity contribution >= 4 is 11.8 Å². The van der Waals surface area contributed by atoms with E-state index in [2.05, 4.69) is 6.07 Å². The van der Waals surface area contributed by atoms with Crippen LogP contribution in [0.2, 0.25) is 0 Å². The highest BCUT2D eigenvalue weighted by atomic mass is 16.6. The molecule has 1 aliphatic rings. The van der Waals surface area contributed by atoms with Crippen LogP contribution in [0.15, 0.2) is 60.7 Å². The quantitative estimate of drug-likeness (QED) is 0.725. The van der Waals surface area contributed by atoms with Crippen LogP contribution in [0.1, 0.15) is 56.6 Å². The van der Waals surface area contributed by atoms with Crippen LogP contribution in [0, 0.1) is 16.7 Å². The first kappa shape index (κ1) is 19.8. The number of ketones is 1. The Labute approximate surface area is 166 Å². The van der Waals surface area contributed by atoms with E-state index in [4.69, 9.17) is 4.74 Å². The van der Waals surface area contributed by atoms with Gasteiger partial charge in [-0.1, -0.05) is 60.7 Å². The van der Waals surface area contributed by atoms with E-state index in [1.54, 1.807) is 20.8 Å². The Hall–Kier alpha value is -2.93. The highest BCUT2D eigenvalue weighted by Gasteiger charge is 2.58. The molecule has 4 heteroatoms. The predicted octanol–water partition coefficient (Wildman–Crippen LogP) is 4.77. The monoisotopic (exact) mass is 375 g/mol. The van der Waals surface area contributed by atoms with Crippen molar-refractivity contribution in [1.82, 2.24) is 0 Å². The van der Waals surface area contributed by atoms with Crippen molar-refractivity contribution < 1.29 is 14.3 Å². The molecule has 4 nitrogen and oxygen atoms in total. The van der Waals surface area contributed by atoms with Crippen LogP contribution < -0.4 is 0 Å². The third kappa shape index (κ3) is 3.71. The van der Waals surface area contributed by atoms with Crippen LogP contribution in [0.3, 0.4) is 0 Å². The number of benzene rings is 2. The van der Waals surface area contributed by atoms with Crippen molar-refractivity contribution in [2.45, 2.75) is 51.0 Å². The van der Waals surface area contributed by atoms with Gasteiger partial charge in [0.05, 0.1) is 6.07 Å². The summed E-state index contributed by atoms with van der Waals surface area (Å²) in [5.41, 5.74) is -0.581. The van der Waals surface area contributed by atoms with Crippen LogP contribution in [-0.4, -0.2) is 17.4 Å². The topological polar surface area (TPSA) is 67.2 Å². The third-order valence-electron chi connectivity index (χ3n) is 5.29. The summed E-state index contributed by atoms with van der Waals surface area (Å²) >= 11 is 0. The molecular formula is C24H25NO3. The van der Waals surface area contributed by atoms with Crippen LogP contribution in [0.4, 0.5) is 0 Å². The lowest BCUT2D eigenvalue weighted by atomic mass is 9.56. The number of nitrogens with zero attached hydrogens (tertiary/aromatic N) is 1. The lowest BCUT2D eigenvalue weighted by molar-refractivity contribution is -0.168. The number of carbonyl (C=O) groups is 2. The standard InChI is InChI=1S/C24H25NO3/c1-23(2,3)28-22(27)24(16-25)20(17-10-6-4-7-11-17)14-19(26)15-21(24)18-12-8-5-9-13-18/h4-13,20-21H,14-15H2,1-3H3/t20-,21-/m0/s1. The zero-order valence-electron chi connectivity index (χ0n) is 16.5. The SMILES string of the molecule is CC(C)(C)OC(=O)C1(C#N)[C@H](c2ccccc2)CC(=O)C[C@H]1c1ccccc1. The van der Waals surface area contributed by atoms with E-state index in [0.29, 0.717) is 0 Å². The minimum absolute atomic E-state index is 0.0529. The van der Waals surface area contributed by atoms with Crippen molar-refractivity contribution in [1.29, 1.82) is 5.26 Å². The maximum Gasteiger partial charge on any atom is 0.328 e. The Bertz CT molecular complexity index is 839. The van der Waals surface area contributed by atoms with Gasteiger partial charge in [-0.25, -0.2) is 0 Å². The van der Waals surface area contributed by atoms with Gasteiger partial charge in [-0.2, -0.15) is 5.26 Å². The first-order valence-electron chi connectivity index (χ1n) is 9.54. The first-order valence-corrected chi connectivity index (χ1v) is 9.54. The Morgan fingerprint density at radius 3 is 1.75 bits per heavy atom. The Morgan fingerprint density at radius 2 is 1.39 bits per heavy atom. The van der Waals surface area contributed by atoms with Crippen LogP contribution >= 0.6 is 0 Å². The largest absolute Gasteiger partial charge is 0.459 e. The Balaban J connectivity index is 2.21. The van der Waals surface area contributed by atoms with Gasteiger partial charge in [-0.05, 0) is 31.9 Å². The minimum Gasteiger partial charge on any atom is -0.459 e. The van der Waals surface area contributed by atoms with Gasteiger partial charge >= 0.3 is 5.97 Å². The lowest BCUT2D eigenvalue weighted by Gasteiger charge is -2.43. The molecule has 0 radical (unpaired) electrons. The maximum absolute atomic E-state index is 13.5. The normalized spacial score (nSPS) is 21.6. The minimum atomic E-state index is -1.47. The molecule has 0 heterocycles. The average molecular weight is 375 g/mol. The number of Topliss-reactive ketones (excluding diaryl/α,β-unsaturated/α-hetero) is 1. The second kappa shape index (κ2) is 7.59. The highest BCUT2D eigenvalue weighted by molar-refractivity contribution is 5.90. The molecule has 0 bridgehead atoms. The van der Waals surface area contributed by atoms with E-state index in [9.17, 15) is 14.9 Å². The van der Waals surface area contributed by atoms with Gasteiger partial charge in [0.25, 0.3) is 0 Å². The summed E-state index contributed by atoms with van der Waals surface area (Å²) < 4.78 is 5.74. The molecule has 0 aliphatic heterocycles. The lowest BCUT2D eigenvalue weighted by Crippen LogP contribution is -2.49. The second-order valence-corrected chi connectivity index (χ2v) is 8.36. The van der Waals surface area contributed by atoms with Gasteiger partial charge in [-0.3, -0.25) is 9.59 Å². The molecule has 0 amide bonds. The summed E-state index contributed by atoms with van der Waals surface area (Å²) in [4.78, 5) is 26.2. The molecule has 0 saturated heterocycles. The summed E-state index contributed by atoms with van der Waals surface area (Å²) in [6.45, 7) is 5.37. The fraction of sp³-hybridized carbons (Fsp3) is 0.375. The van der Waals surface area contributed by atoms with Gasteiger partial charge in [0.15, 0.2) is 5.41 Å². The van der Waals surface area contributed by atoms with Crippen molar-refractivity contribution in [3.63, 3.8) is 0 Å². The molecular weight excluding hydrogens is 350 g/mol. The molecule has 0 spiro atoms. The summed E-state index contributed by atoms with van der Waals surface area (Å²) in [6.07, 6.45) is 0.306. The average Bonchev–Trinajstić information content (AvgIpc) is 2.67. The predicted molar refractivity (Wildman–Crippen MR) is 106 cm³/mol. The summed E-state index contributed by atoms with van der Waals surface area (Å²) in [5.74, 6) is -1.62. The van der Waals surface area contributed by atoms with Gasteiger partial charge < -0.3 is 4.74 Å². The zero-order valence-corrected chi connectivity index (χ0v) is 16.5. The molecule has 3 rings (SSSR count). The van der Waals surface area contributed by atoms with Crippen molar-refractivity contribution in [2.24, 2.45) is 5.41 Å². The van der Waals surface area contributed by atoms with E-state index in [1.807, 2.05) is 60.7 Å². The van der Waals surface area contributed by atoms with E-state index in [-0.39, 0.29) is 18.6 Å².